The first-order valence-corrected chi connectivity index (χ1v) is 8.84. The zero-order valence-corrected chi connectivity index (χ0v) is 12.3. The summed E-state index contributed by atoms with van der Waals surface area (Å²) in [6.07, 6.45) is 0. The monoisotopic (exact) mass is 299 g/mol. The van der Waals surface area contributed by atoms with Crippen LogP contribution in [-0.4, -0.2) is 35.5 Å². The van der Waals surface area contributed by atoms with Gasteiger partial charge in [-0.15, -0.1) is 0 Å². The van der Waals surface area contributed by atoms with Gasteiger partial charge in [0.1, 0.15) is 4.32 Å². The summed E-state index contributed by atoms with van der Waals surface area (Å²) in [6, 6.07) is 8.06. The predicted molar refractivity (Wildman–Crippen MR) is 80.1 cm³/mol. The van der Waals surface area contributed by atoms with E-state index in [0.717, 1.165) is 15.6 Å². The van der Waals surface area contributed by atoms with Crippen molar-refractivity contribution < 1.29 is 8.42 Å². The van der Waals surface area contributed by atoms with E-state index in [4.69, 9.17) is 12.2 Å². The fourth-order valence-electron chi connectivity index (χ4n) is 2.55. The lowest BCUT2D eigenvalue weighted by atomic mass is 10.1. The minimum absolute atomic E-state index is 0.00861. The van der Waals surface area contributed by atoms with Gasteiger partial charge in [0.2, 0.25) is 0 Å². The average molecular weight is 299 g/mol. The molecule has 2 aliphatic rings. The lowest BCUT2D eigenvalue weighted by Gasteiger charge is -2.24. The van der Waals surface area contributed by atoms with Crippen molar-refractivity contribution >= 4 is 43.8 Å². The summed E-state index contributed by atoms with van der Waals surface area (Å²) in [7, 11) is -2.90. The van der Waals surface area contributed by atoms with Crippen molar-refractivity contribution in [3.8, 4) is 0 Å². The number of sulfone groups is 1. The first kappa shape index (κ1) is 12.4. The van der Waals surface area contributed by atoms with E-state index >= 15 is 0 Å². The largest absolute Gasteiger partial charge is 0.322 e. The number of hydrogen-bond acceptors (Lipinski definition) is 4. The van der Waals surface area contributed by atoms with Crippen LogP contribution in [0.1, 0.15) is 5.56 Å². The number of rotatable bonds is 1. The Hall–Kier alpha value is -0.590. The quantitative estimate of drug-likeness (QED) is 0.742. The number of hydrogen-bond donors (Lipinski definition) is 0. The molecule has 0 saturated carbocycles. The Kier molecular flexibility index (Phi) is 2.91. The van der Waals surface area contributed by atoms with Crippen LogP contribution in [0.3, 0.4) is 0 Å². The first-order valence-electron chi connectivity index (χ1n) is 5.73. The third-order valence-corrected chi connectivity index (χ3v) is 6.93. The third-order valence-electron chi connectivity index (χ3n) is 3.33. The van der Waals surface area contributed by atoms with E-state index < -0.39 is 9.84 Å². The maximum atomic E-state index is 11.7. The van der Waals surface area contributed by atoms with E-state index in [2.05, 4.69) is 6.07 Å². The fourth-order valence-corrected chi connectivity index (χ4v) is 6.92. The third kappa shape index (κ3) is 2.06. The summed E-state index contributed by atoms with van der Waals surface area (Å²) in [5.74, 6) is 0.476. The van der Waals surface area contributed by atoms with Gasteiger partial charge in [0.05, 0.1) is 17.5 Å². The molecule has 0 aromatic heterocycles. The molecule has 2 unspecified atom stereocenters. The second-order valence-electron chi connectivity index (χ2n) is 4.78. The highest BCUT2D eigenvalue weighted by Gasteiger charge is 2.48. The molecule has 2 fully saturated rings. The maximum Gasteiger partial charge on any atom is 0.153 e. The van der Waals surface area contributed by atoms with Gasteiger partial charge in [0, 0.05) is 10.9 Å². The molecule has 2 saturated heterocycles. The van der Waals surface area contributed by atoms with Crippen molar-refractivity contribution in [1.82, 2.24) is 0 Å². The second-order valence-corrected chi connectivity index (χ2v) is 8.80. The molecule has 0 amide bonds. The highest BCUT2D eigenvalue weighted by atomic mass is 32.2. The second kappa shape index (κ2) is 4.21. The highest BCUT2D eigenvalue weighted by molar-refractivity contribution is 8.24. The summed E-state index contributed by atoms with van der Waals surface area (Å²) in [5.41, 5.74) is 2.17. The molecule has 18 heavy (non-hydrogen) atoms. The Balaban J connectivity index is 1.99. The van der Waals surface area contributed by atoms with Crippen molar-refractivity contribution in [1.29, 1.82) is 0 Å². The lowest BCUT2D eigenvalue weighted by molar-refractivity contribution is 0.601. The molecule has 2 atom stereocenters. The van der Waals surface area contributed by atoms with Gasteiger partial charge in [0.25, 0.3) is 0 Å². The molecule has 1 aromatic carbocycles. The van der Waals surface area contributed by atoms with Crippen LogP contribution in [0.25, 0.3) is 0 Å². The molecule has 0 spiro atoms. The molecular formula is C12H13NO2S3. The zero-order chi connectivity index (χ0) is 12.9. The summed E-state index contributed by atoms with van der Waals surface area (Å²) >= 11 is 6.91. The molecule has 3 nitrogen and oxygen atoms in total. The minimum atomic E-state index is -2.90. The lowest BCUT2D eigenvalue weighted by Crippen LogP contribution is -2.36. The molecular weight excluding hydrogens is 286 g/mol. The van der Waals surface area contributed by atoms with Crippen molar-refractivity contribution in [3.05, 3.63) is 29.8 Å². The number of thiocarbonyl (C=S) groups is 1. The fraction of sp³-hybridized carbons (Fsp3) is 0.417. The zero-order valence-electron chi connectivity index (χ0n) is 9.87. The van der Waals surface area contributed by atoms with Gasteiger partial charge >= 0.3 is 0 Å². The Morgan fingerprint density at radius 3 is 2.89 bits per heavy atom. The number of anilines is 1. The molecule has 2 heterocycles. The van der Waals surface area contributed by atoms with E-state index in [1.165, 1.54) is 11.8 Å². The topological polar surface area (TPSA) is 37.4 Å². The van der Waals surface area contributed by atoms with Gasteiger partial charge in [-0.3, -0.25) is 0 Å². The van der Waals surface area contributed by atoms with Gasteiger partial charge in [-0.25, -0.2) is 8.42 Å². The molecule has 6 heteroatoms. The molecule has 0 radical (unpaired) electrons. The molecule has 0 aliphatic carbocycles. The number of benzene rings is 1. The van der Waals surface area contributed by atoms with Crippen LogP contribution < -0.4 is 4.90 Å². The van der Waals surface area contributed by atoms with Crippen LogP contribution >= 0.6 is 24.0 Å². The molecule has 3 rings (SSSR count). The molecule has 1 aromatic rings. The average Bonchev–Trinajstić information content (AvgIpc) is 2.68. The molecule has 96 valence electrons. The van der Waals surface area contributed by atoms with E-state index in [0.29, 0.717) is 0 Å². The van der Waals surface area contributed by atoms with Gasteiger partial charge in [0.15, 0.2) is 9.84 Å². The smallest absolute Gasteiger partial charge is 0.153 e. The first-order chi connectivity index (χ1) is 8.46. The van der Waals surface area contributed by atoms with Gasteiger partial charge in [-0.2, -0.15) is 0 Å². The Bertz CT molecular complexity index is 612. The molecule has 0 bridgehead atoms. The molecule has 2 aliphatic heterocycles. The normalized spacial score (nSPS) is 29.6. The Morgan fingerprint density at radius 2 is 2.17 bits per heavy atom. The Morgan fingerprint density at radius 1 is 1.39 bits per heavy atom. The van der Waals surface area contributed by atoms with Crippen molar-refractivity contribution in [2.75, 3.05) is 16.4 Å². The van der Waals surface area contributed by atoms with Crippen molar-refractivity contribution in [2.24, 2.45) is 0 Å². The van der Waals surface area contributed by atoms with Gasteiger partial charge < -0.3 is 4.90 Å². The minimum Gasteiger partial charge on any atom is -0.322 e. The summed E-state index contributed by atoms with van der Waals surface area (Å²) in [6.45, 7) is 2.03. The van der Waals surface area contributed by atoms with Gasteiger partial charge in [-0.1, -0.05) is 36.1 Å². The summed E-state index contributed by atoms with van der Waals surface area (Å²) in [4.78, 5) is 2.02. The Labute approximate surface area is 116 Å². The van der Waals surface area contributed by atoms with Crippen LogP contribution in [0.5, 0.6) is 0 Å². The van der Waals surface area contributed by atoms with Crippen molar-refractivity contribution in [2.45, 2.75) is 18.2 Å². The van der Waals surface area contributed by atoms with E-state index in [-0.39, 0.29) is 22.8 Å². The van der Waals surface area contributed by atoms with Gasteiger partial charge in [-0.05, 0) is 24.6 Å². The van der Waals surface area contributed by atoms with E-state index in [1.807, 2.05) is 30.0 Å². The molecule has 0 N–H and O–H groups in total. The summed E-state index contributed by atoms with van der Waals surface area (Å²) in [5, 5.41) is 0.100. The standard InChI is InChI=1S/C12H13NO2S3/c1-8-3-2-4-9(5-8)13-10-6-18(14,15)7-11(10)17-12(13)16/h2-5,10-11H,6-7H2,1H3. The number of thioether (sulfide) groups is 1. The van der Waals surface area contributed by atoms with Crippen LogP contribution in [0.15, 0.2) is 24.3 Å². The highest BCUT2D eigenvalue weighted by Crippen LogP contribution is 2.40. The SMILES string of the molecule is Cc1cccc(N2C(=S)SC3CS(=O)(=O)CC32)c1. The number of nitrogens with zero attached hydrogens (tertiary/aromatic N) is 1. The number of aryl methyl sites for hydroxylation is 1. The van der Waals surface area contributed by atoms with Crippen LogP contribution in [0.4, 0.5) is 5.69 Å². The van der Waals surface area contributed by atoms with Crippen molar-refractivity contribution in [3.63, 3.8) is 0 Å². The maximum absolute atomic E-state index is 11.7. The van der Waals surface area contributed by atoms with E-state index in [1.54, 1.807) is 0 Å². The predicted octanol–water partition coefficient (Wildman–Crippen LogP) is 2.00. The summed E-state index contributed by atoms with van der Waals surface area (Å²) < 4.78 is 24.2. The van der Waals surface area contributed by atoms with Crippen LogP contribution in [0, 0.1) is 6.92 Å². The number of fused-ring (bicyclic) bond motifs is 1. The van der Waals surface area contributed by atoms with Crippen LogP contribution in [-0.2, 0) is 9.84 Å². The van der Waals surface area contributed by atoms with E-state index in [9.17, 15) is 8.42 Å². The van der Waals surface area contributed by atoms with Crippen LogP contribution in [0.2, 0.25) is 0 Å².